The number of nitrogens with zero attached hydrogens (tertiary/aromatic N) is 1. The molecule has 108 valence electrons. The van der Waals surface area contributed by atoms with E-state index in [2.05, 4.69) is 4.90 Å². The van der Waals surface area contributed by atoms with Gasteiger partial charge in [0.2, 0.25) is 5.91 Å². The van der Waals surface area contributed by atoms with Crippen LogP contribution in [-0.4, -0.2) is 28.9 Å². The number of hydrogen-bond donors (Lipinski definition) is 2. The lowest BCUT2D eigenvalue weighted by Gasteiger charge is -2.31. The third kappa shape index (κ3) is 3.52. The Kier molecular flexibility index (Phi) is 4.67. The van der Waals surface area contributed by atoms with Crippen LogP contribution in [0.25, 0.3) is 0 Å². The summed E-state index contributed by atoms with van der Waals surface area (Å²) in [6.45, 7) is 1.98. The van der Waals surface area contributed by atoms with E-state index in [0.717, 1.165) is 24.9 Å². The van der Waals surface area contributed by atoms with Crippen LogP contribution in [0.3, 0.4) is 0 Å². The van der Waals surface area contributed by atoms with Crippen LogP contribution < -0.4 is 11.5 Å². The molecule has 1 heterocycles. The lowest BCUT2D eigenvalue weighted by Crippen LogP contribution is -2.40. The quantitative estimate of drug-likeness (QED) is 0.818. The highest BCUT2D eigenvalue weighted by Crippen LogP contribution is 2.20. The Morgan fingerprint density at radius 1 is 1.45 bits per heavy atom. The fourth-order valence-electron chi connectivity index (χ4n) is 2.61. The van der Waals surface area contributed by atoms with Gasteiger partial charge >= 0.3 is 0 Å². The molecule has 1 aromatic carbocycles. The third-order valence-electron chi connectivity index (χ3n) is 3.63. The van der Waals surface area contributed by atoms with Crippen LogP contribution in [0.5, 0.6) is 0 Å². The highest BCUT2D eigenvalue weighted by Gasteiger charge is 2.24. The van der Waals surface area contributed by atoms with Gasteiger partial charge in [-0.2, -0.15) is 0 Å². The average molecular weight is 295 g/mol. The summed E-state index contributed by atoms with van der Waals surface area (Å²) in [4.78, 5) is 13.6. The summed E-state index contributed by atoms with van der Waals surface area (Å²) < 4.78 is 13.4. The molecular weight excluding hydrogens is 277 g/mol. The Hall–Kier alpha value is -1.53. The molecule has 0 saturated carbocycles. The van der Waals surface area contributed by atoms with Crippen molar-refractivity contribution in [1.29, 1.82) is 0 Å². The second-order valence-corrected chi connectivity index (χ2v) is 5.58. The molecule has 6 heteroatoms. The number of halogens is 1. The molecule has 0 bridgehead atoms. The smallest absolute Gasteiger partial charge is 0.221 e. The molecule has 1 aliphatic rings. The fourth-order valence-corrected chi connectivity index (χ4v) is 2.80. The lowest BCUT2D eigenvalue weighted by atomic mass is 9.96. The molecule has 4 nitrogen and oxygen atoms in total. The maximum Gasteiger partial charge on any atom is 0.221 e. The normalized spacial score (nSPS) is 19.8. The SMILES string of the molecule is NC(=O)C1CCCN(Cc2cc(F)ccc2C(N)=S)C1. The van der Waals surface area contributed by atoms with Gasteiger partial charge < -0.3 is 11.5 Å². The highest BCUT2D eigenvalue weighted by molar-refractivity contribution is 7.80. The summed E-state index contributed by atoms with van der Waals surface area (Å²) >= 11 is 4.99. The first-order valence-electron chi connectivity index (χ1n) is 6.57. The van der Waals surface area contributed by atoms with Gasteiger partial charge in [0, 0.05) is 18.7 Å². The van der Waals surface area contributed by atoms with E-state index in [4.69, 9.17) is 23.7 Å². The van der Waals surface area contributed by atoms with Crippen molar-refractivity contribution in [3.8, 4) is 0 Å². The standard InChI is InChI=1S/C14H18FN3OS/c15-11-3-4-12(14(17)20)10(6-11)8-18-5-1-2-9(7-18)13(16)19/h3-4,6,9H,1-2,5,7-8H2,(H2,16,19)(H2,17,20). The Morgan fingerprint density at radius 3 is 2.85 bits per heavy atom. The number of benzene rings is 1. The van der Waals surface area contributed by atoms with Crippen molar-refractivity contribution in [2.24, 2.45) is 17.4 Å². The molecule has 1 amide bonds. The van der Waals surface area contributed by atoms with Gasteiger partial charge in [0.1, 0.15) is 10.8 Å². The molecule has 0 radical (unpaired) electrons. The van der Waals surface area contributed by atoms with E-state index in [0.29, 0.717) is 18.7 Å². The summed E-state index contributed by atoms with van der Waals surface area (Å²) in [5.41, 5.74) is 12.5. The van der Waals surface area contributed by atoms with Crippen LogP contribution in [0.2, 0.25) is 0 Å². The predicted molar refractivity (Wildman–Crippen MR) is 79.5 cm³/mol. The van der Waals surface area contributed by atoms with Crippen LogP contribution in [0.15, 0.2) is 18.2 Å². The van der Waals surface area contributed by atoms with Gasteiger partial charge in [-0.25, -0.2) is 4.39 Å². The van der Waals surface area contributed by atoms with Crippen molar-refractivity contribution in [3.63, 3.8) is 0 Å². The first-order valence-corrected chi connectivity index (χ1v) is 6.98. The first kappa shape index (κ1) is 14.9. The Labute approximate surface area is 122 Å². The van der Waals surface area contributed by atoms with E-state index in [1.165, 1.54) is 12.1 Å². The van der Waals surface area contributed by atoms with Crippen molar-refractivity contribution >= 4 is 23.1 Å². The molecule has 1 saturated heterocycles. The largest absolute Gasteiger partial charge is 0.389 e. The number of piperidine rings is 1. The molecule has 1 aliphatic heterocycles. The maximum atomic E-state index is 13.4. The van der Waals surface area contributed by atoms with E-state index >= 15 is 0 Å². The molecule has 1 aromatic rings. The summed E-state index contributed by atoms with van der Waals surface area (Å²) in [6.07, 6.45) is 1.72. The number of thiocarbonyl (C=S) groups is 1. The highest BCUT2D eigenvalue weighted by atomic mass is 32.1. The number of amides is 1. The van der Waals surface area contributed by atoms with Gasteiger partial charge in [-0.15, -0.1) is 0 Å². The average Bonchev–Trinajstić information content (AvgIpc) is 2.38. The van der Waals surface area contributed by atoms with E-state index in [-0.39, 0.29) is 22.6 Å². The van der Waals surface area contributed by atoms with E-state index in [1.807, 2.05) is 0 Å². The molecule has 0 aromatic heterocycles. The molecule has 0 aliphatic carbocycles. The number of carbonyl (C=O) groups excluding carboxylic acids is 1. The molecule has 0 spiro atoms. The second kappa shape index (κ2) is 6.28. The van der Waals surface area contributed by atoms with Gasteiger partial charge in [-0.1, -0.05) is 12.2 Å². The molecule has 2 rings (SSSR count). The van der Waals surface area contributed by atoms with Crippen LogP contribution in [0.4, 0.5) is 4.39 Å². The van der Waals surface area contributed by atoms with Crippen molar-refractivity contribution in [1.82, 2.24) is 4.90 Å². The van der Waals surface area contributed by atoms with E-state index < -0.39 is 0 Å². The predicted octanol–water partition coefficient (Wildman–Crippen LogP) is 1.16. The van der Waals surface area contributed by atoms with Gasteiger partial charge in [-0.05, 0) is 43.1 Å². The van der Waals surface area contributed by atoms with Crippen molar-refractivity contribution < 1.29 is 9.18 Å². The Bertz CT molecular complexity index is 535. The number of primary amides is 1. The minimum Gasteiger partial charge on any atom is -0.389 e. The zero-order valence-electron chi connectivity index (χ0n) is 11.1. The van der Waals surface area contributed by atoms with Gasteiger partial charge in [-0.3, -0.25) is 9.69 Å². The topological polar surface area (TPSA) is 72.4 Å². The summed E-state index contributed by atoms with van der Waals surface area (Å²) in [7, 11) is 0. The molecule has 4 N–H and O–H groups in total. The molecule has 1 atom stereocenters. The fraction of sp³-hybridized carbons (Fsp3) is 0.429. The van der Waals surface area contributed by atoms with Gasteiger partial charge in [0.15, 0.2) is 0 Å². The van der Waals surface area contributed by atoms with Crippen LogP contribution >= 0.6 is 12.2 Å². The first-order chi connectivity index (χ1) is 9.47. The lowest BCUT2D eigenvalue weighted by molar-refractivity contribution is -0.123. The van der Waals surface area contributed by atoms with Crippen LogP contribution in [0, 0.1) is 11.7 Å². The maximum absolute atomic E-state index is 13.4. The summed E-state index contributed by atoms with van der Waals surface area (Å²) in [5, 5.41) is 0. The number of nitrogens with two attached hydrogens (primary N) is 2. The Balaban J connectivity index is 2.15. The Morgan fingerprint density at radius 2 is 2.20 bits per heavy atom. The molecular formula is C14H18FN3OS. The number of carbonyl (C=O) groups is 1. The number of rotatable bonds is 4. The van der Waals surface area contributed by atoms with Crippen LogP contribution in [0.1, 0.15) is 24.0 Å². The molecule has 1 unspecified atom stereocenters. The van der Waals surface area contributed by atoms with Gasteiger partial charge in [0.25, 0.3) is 0 Å². The second-order valence-electron chi connectivity index (χ2n) is 5.14. The monoisotopic (exact) mass is 295 g/mol. The van der Waals surface area contributed by atoms with Crippen molar-refractivity contribution in [2.75, 3.05) is 13.1 Å². The molecule has 20 heavy (non-hydrogen) atoms. The number of hydrogen-bond acceptors (Lipinski definition) is 3. The van der Waals surface area contributed by atoms with Crippen LogP contribution in [-0.2, 0) is 11.3 Å². The summed E-state index contributed by atoms with van der Waals surface area (Å²) in [5.74, 6) is -0.724. The van der Waals surface area contributed by atoms with Crippen molar-refractivity contribution in [3.05, 3.63) is 35.1 Å². The van der Waals surface area contributed by atoms with Crippen molar-refractivity contribution in [2.45, 2.75) is 19.4 Å². The number of likely N-dealkylation sites (tertiary alicyclic amines) is 1. The zero-order valence-corrected chi connectivity index (χ0v) is 12.0. The minimum absolute atomic E-state index is 0.134. The summed E-state index contributed by atoms with van der Waals surface area (Å²) in [6, 6.07) is 4.39. The minimum atomic E-state index is -0.316. The van der Waals surface area contributed by atoms with Gasteiger partial charge in [0.05, 0.1) is 5.92 Å². The van der Waals surface area contributed by atoms with E-state index in [9.17, 15) is 9.18 Å². The molecule has 1 fully saturated rings. The third-order valence-corrected chi connectivity index (χ3v) is 3.85. The van der Waals surface area contributed by atoms with E-state index in [1.54, 1.807) is 6.07 Å². The zero-order chi connectivity index (χ0) is 14.7.